The number of hydrogen-bond donors (Lipinski definition) is 1. The third-order valence-electron chi connectivity index (χ3n) is 6.59. The van der Waals surface area contributed by atoms with E-state index < -0.39 is 0 Å². The Kier molecular flexibility index (Phi) is 5.77. The first-order valence-corrected chi connectivity index (χ1v) is 10.6. The number of amides is 1. The van der Waals surface area contributed by atoms with Gasteiger partial charge in [-0.15, -0.1) is 0 Å². The smallest absolute Gasteiger partial charge is 0.226 e. The summed E-state index contributed by atoms with van der Waals surface area (Å²) in [4.78, 5) is 17.4. The number of aromatic nitrogens is 2. The molecule has 5 nitrogen and oxygen atoms in total. The summed E-state index contributed by atoms with van der Waals surface area (Å²) in [6.45, 7) is 6.74. The first-order chi connectivity index (χ1) is 13.2. The Labute approximate surface area is 162 Å². The van der Waals surface area contributed by atoms with E-state index in [1.807, 2.05) is 18.3 Å². The molecule has 0 saturated carbocycles. The predicted octanol–water partition coefficient (Wildman–Crippen LogP) is 3.61. The third-order valence-corrected chi connectivity index (χ3v) is 6.59. The summed E-state index contributed by atoms with van der Waals surface area (Å²) in [7, 11) is 0. The van der Waals surface area contributed by atoms with Gasteiger partial charge >= 0.3 is 0 Å². The van der Waals surface area contributed by atoms with Crippen LogP contribution in [-0.4, -0.2) is 58.1 Å². The summed E-state index contributed by atoms with van der Waals surface area (Å²) in [5.41, 5.74) is 2.10. The number of piperidine rings is 2. The molecule has 1 atom stereocenters. The van der Waals surface area contributed by atoms with Crippen LogP contribution >= 0.6 is 0 Å². The molecule has 3 heterocycles. The van der Waals surface area contributed by atoms with Gasteiger partial charge in [0, 0.05) is 24.5 Å². The van der Waals surface area contributed by atoms with Crippen molar-refractivity contribution in [2.45, 2.75) is 57.9 Å². The first kappa shape index (κ1) is 18.5. The number of fused-ring (bicyclic) bond motifs is 1. The van der Waals surface area contributed by atoms with Crippen molar-refractivity contribution in [1.29, 1.82) is 0 Å². The molecule has 0 bridgehead atoms. The van der Waals surface area contributed by atoms with Crippen LogP contribution in [-0.2, 0) is 11.2 Å². The van der Waals surface area contributed by atoms with E-state index in [1.54, 1.807) is 0 Å². The van der Waals surface area contributed by atoms with Crippen LogP contribution in [0.2, 0.25) is 0 Å². The lowest BCUT2D eigenvalue weighted by Gasteiger charge is -2.36. The Hall–Kier alpha value is -1.88. The zero-order valence-electron chi connectivity index (χ0n) is 16.5. The van der Waals surface area contributed by atoms with Crippen LogP contribution in [0, 0.1) is 5.92 Å². The van der Waals surface area contributed by atoms with Crippen LogP contribution in [0.25, 0.3) is 10.9 Å². The predicted molar refractivity (Wildman–Crippen MR) is 109 cm³/mol. The van der Waals surface area contributed by atoms with Crippen molar-refractivity contribution in [2.24, 2.45) is 5.92 Å². The minimum Gasteiger partial charge on any atom is -0.342 e. The fourth-order valence-corrected chi connectivity index (χ4v) is 4.70. The highest BCUT2D eigenvalue weighted by Gasteiger charge is 2.24. The normalized spacial score (nSPS) is 22.4. The van der Waals surface area contributed by atoms with E-state index in [-0.39, 0.29) is 5.91 Å². The second-order valence-corrected chi connectivity index (χ2v) is 8.46. The summed E-state index contributed by atoms with van der Waals surface area (Å²) in [6.07, 6.45) is 10.0. The number of nitrogens with zero attached hydrogens (tertiary/aromatic N) is 3. The highest BCUT2D eigenvalue weighted by Crippen LogP contribution is 2.24. The largest absolute Gasteiger partial charge is 0.342 e. The number of hydrogen-bond acceptors (Lipinski definition) is 3. The molecule has 2 aliphatic rings. The Morgan fingerprint density at radius 1 is 1.19 bits per heavy atom. The molecule has 0 radical (unpaired) electrons. The molecule has 0 unspecified atom stereocenters. The summed E-state index contributed by atoms with van der Waals surface area (Å²) >= 11 is 0. The molecular weight excluding hydrogens is 336 g/mol. The Balaban J connectivity index is 1.23. The Morgan fingerprint density at radius 3 is 2.85 bits per heavy atom. The molecule has 1 aromatic heterocycles. The van der Waals surface area contributed by atoms with Gasteiger partial charge in [0.2, 0.25) is 5.91 Å². The topological polar surface area (TPSA) is 52.2 Å². The van der Waals surface area contributed by atoms with Crippen molar-refractivity contribution in [3.05, 3.63) is 30.0 Å². The fourth-order valence-electron chi connectivity index (χ4n) is 4.70. The molecule has 0 spiro atoms. The van der Waals surface area contributed by atoms with Gasteiger partial charge in [-0.1, -0.05) is 12.5 Å². The van der Waals surface area contributed by atoms with Crippen molar-refractivity contribution in [1.82, 2.24) is 20.0 Å². The number of aromatic amines is 1. The summed E-state index contributed by atoms with van der Waals surface area (Å²) in [5.74, 6) is 1.05. The van der Waals surface area contributed by atoms with Gasteiger partial charge in [0.05, 0.1) is 18.1 Å². The molecule has 2 aliphatic heterocycles. The van der Waals surface area contributed by atoms with Gasteiger partial charge in [-0.05, 0) is 75.7 Å². The summed E-state index contributed by atoms with van der Waals surface area (Å²) in [6, 6.07) is 6.88. The second-order valence-electron chi connectivity index (χ2n) is 8.46. The van der Waals surface area contributed by atoms with Gasteiger partial charge in [-0.25, -0.2) is 0 Å². The number of nitrogens with one attached hydrogen (secondary N) is 1. The quantitative estimate of drug-likeness (QED) is 0.877. The van der Waals surface area contributed by atoms with E-state index in [0.29, 0.717) is 6.42 Å². The average molecular weight is 369 g/mol. The SMILES string of the molecule is C[C@H]1CCCCN1CCC1CCN(C(=O)Cc2ccc3[nH]ncc3c2)CC1. The number of carbonyl (C=O) groups is 1. The fraction of sp³-hybridized carbons (Fsp3) is 0.636. The number of rotatable bonds is 5. The molecule has 2 fully saturated rings. The van der Waals surface area contributed by atoms with E-state index in [4.69, 9.17) is 0 Å². The van der Waals surface area contributed by atoms with E-state index in [2.05, 4.69) is 33.0 Å². The summed E-state index contributed by atoms with van der Waals surface area (Å²) in [5, 5.41) is 8.08. The van der Waals surface area contributed by atoms with Gasteiger partial charge in [-0.2, -0.15) is 5.10 Å². The molecule has 5 heteroatoms. The monoisotopic (exact) mass is 368 g/mol. The number of carbonyl (C=O) groups excluding carboxylic acids is 1. The maximum Gasteiger partial charge on any atom is 0.226 e. The van der Waals surface area contributed by atoms with Gasteiger partial charge in [-0.3, -0.25) is 9.89 Å². The van der Waals surface area contributed by atoms with Crippen LogP contribution in [0.3, 0.4) is 0 Å². The lowest BCUT2D eigenvalue weighted by molar-refractivity contribution is -0.131. The van der Waals surface area contributed by atoms with Crippen molar-refractivity contribution < 1.29 is 4.79 Å². The molecule has 27 heavy (non-hydrogen) atoms. The van der Waals surface area contributed by atoms with Crippen molar-refractivity contribution >= 4 is 16.8 Å². The van der Waals surface area contributed by atoms with E-state index in [1.165, 1.54) is 38.8 Å². The minimum absolute atomic E-state index is 0.265. The number of likely N-dealkylation sites (tertiary alicyclic amines) is 2. The van der Waals surface area contributed by atoms with E-state index in [9.17, 15) is 4.79 Å². The highest BCUT2D eigenvalue weighted by atomic mass is 16.2. The molecule has 146 valence electrons. The zero-order chi connectivity index (χ0) is 18.6. The second kappa shape index (κ2) is 8.42. The molecule has 0 aliphatic carbocycles. The van der Waals surface area contributed by atoms with Gasteiger partial charge in [0.25, 0.3) is 0 Å². The van der Waals surface area contributed by atoms with E-state index >= 15 is 0 Å². The van der Waals surface area contributed by atoms with Crippen LogP contribution in [0.5, 0.6) is 0 Å². The minimum atomic E-state index is 0.265. The van der Waals surface area contributed by atoms with Crippen LogP contribution in [0.1, 0.15) is 51.0 Å². The molecule has 1 amide bonds. The van der Waals surface area contributed by atoms with Crippen molar-refractivity contribution in [3.63, 3.8) is 0 Å². The standard InChI is InChI=1S/C22H32N4O/c1-17-4-2-3-10-25(17)11-7-18-8-12-26(13-9-18)22(27)15-19-5-6-21-20(14-19)16-23-24-21/h5-6,14,16-18H,2-4,7-13,15H2,1H3,(H,23,24)/t17-/m0/s1. The lowest BCUT2D eigenvalue weighted by atomic mass is 9.92. The van der Waals surface area contributed by atoms with Crippen molar-refractivity contribution in [3.8, 4) is 0 Å². The molecule has 1 N–H and O–H groups in total. The molecule has 1 aromatic carbocycles. The van der Waals surface area contributed by atoms with Gasteiger partial charge in [0.1, 0.15) is 0 Å². The van der Waals surface area contributed by atoms with Crippen LogP contribution < -0.4 is 0 Å². The molecule has 2 saturated heterocycles. The maximum absolute atomic E-state index is 12.7. The highest BCUT2D eigenvalue weighted by molar-refractivity contribution is 5.83. The zero-order valence-corrected chi connectivity index (χ0v) is 16.5. The summed E-state index contributed by atoms with van der Waals surface area (Å²) < 4.78 is 0. The Bertz CT molecular complexity index is 763. The van der Waals surface area contributed by atoms with Gasteiger partial charge < -0.3 is 9.80 Å². The maximum atomic E-state index is 12.7. The Morgan fingerprint density at radius 2 is 2.04 bits per heavy atom. The van der Waals surface area contributed by atoms with Crippen molar-refractivity contribution in [2.75, 3.05) is 26.2 Å². The average Bonchev–Trinajstić information content (AvgIpc) is 3.15. The first-order valence-electron chi connectivity index (χ1n) is 10.6. The van der Waals surface area contributed by atoms with Gasteiger partial charge in [0.15, 0.2) is 0 Å². The number of H-pyrrole nitrogens is 1. The third kappa shape index (κ3) is 4.52. The molecular formula is C22H32N4O. The molecule has 4 rings (SSSR count). The number of benzene rings is 1. The lowest BCUT2D eigenvalue weighted by Crippen LogP contribution is -2.41. The van der Waals surface area contributed by atoms with E-state index in [0.717, 1.165) is 54.4 Å². The molecule has 2 aromatic rings. The van der Waals surface area contributed by atoms with Crippen LogP contribution in [0.4, 0.5) is 0 Å². The van der Waals surface area contributed by atoms with Crippen LogP contribution in [0.15, 0.2) is 24.4 Å².